The van der Waals surface area contributed by atoms with Crippen molar-refractivity contribution in [2.24, 2.45) is 0 Å². The molecule has 7 nitrogen and oxygen atoms in total. The molecule has 3 rings (SSSR count). The number of rotatable bonds is 7. The maximum Gasteiger partial charge on any atom is 0.324 e. The molecular weight excluding hydrogens is 411 g/mol. The Morgan fingerprint density at radius 1 is 1.07 bits per heavy atom. The Morgan fingerprint density at radius 2 is 1.77 bits per heavy atom. The van der Waals surface area contributed by atoms with Crippen LogP contribution in [0, 0.1) is 5.82 Å². The Hall–Kier alpha value is -2.78. The van der Waals surface area contributed by atoms with E-state index in [1.807, 2.05) is 0 Å². The number of esters is 1. The van der Waals surface area contributed by atoms with E-state index in [0.29, 0.717) is 24.8 Å². The van der Waals surface area contributed by atoms with Gasteiger partial charge in [-0.3, -0.25) is 9.59 Å². The number of amides is 1. The fourth-order valence-electron chi connectivity index (χ4n) is 3.24. The molecule has 1 aliphatic heterocycles. The van der Waals surface area contributed by atoms with E-state index in [-0.39, 0.29) is 23.8 Å². The number of carbonyl (C=O) groups excluding carboxylic acids is 2. The summed E-state index contributed by atoms with van der Waals surface area (Å²) in [6.45, 7) is -0.141. The van der Waals surface area contributed by atoms with Gasteiger partial charge in [-0.2, -0.15) is 4.31 Å². The van der Waals surface area contributed by atoms with Crippen molar-refractivity contribution in [2.45, 2.75) is 36.7 Å². The van der Waals surface area contributed by atoms with Crippen molar-refractivity contribution < 1.29 is 27.1 Å². The van der Waals surface area contributed by atoms with Crippen molar-refractivity contribution in [2.75, 3.05) is 13.2 Å². The minimum atomic E-state index is -3.84. The fraction of sp³-hybridized carbons (Fsp3) is 0.333. The molecule has 1 N–H and O–H groups in total. The van der Waals surface area contributed by atoms with Crippen LogP contribution in [-0.4, -0.2) is 43.8 Å². The molecule has 1 unspecified atom stereocenters. The zero-order chi connectivity index (χ0) is 21.6. The molecule has 1 fully saturated rings. The maximum atomic E-state index is 12.9. The van der Waals surface area contributed by atoms with Gasteiger partial charge in [-0.1, -0.05) is 30.3 Å². The molecule has 1 heterocycles. The van der Waals surface area contributed by atoms with Gasteiger partial charge in [0.1, 0.15) is 11.9 Å². The summed E-state index contributed by atoms with van der Waals surface area (Å²) in [6.07, 6.45) is 1.67. The summed E-state index contributed by atoms with van der Waals surface area (Å²) in [6, 6.07) is 12.6. The number of carbonyl (C=O) groups is 2. The van der Waals surface area contributed by atoms with E-state index in [4.69, 9.17) is 4.74 Å². The Labute approximate surface area is 174 Å². The lowest BCUT2D eigenvalue weighted by molar-refractivity contribution is -0.153. The third-order valence-corrected chi connectivity index (χ3v) is 6.75. The molecule has 2 aromatic rings. The van der Waals surface area contributed by atoms with Crippen molar-refractivity contribution >= 4 is 21.9 Å². The van der Waals surface area contributed by atoms with Crippen LogP contribution in [-0.2, 0) is 30.9 Å². The number of hydrogen-bond acceptors (Lipinski definition) is 5. The minimum Gasteiger partial charge on any atom is -0.454 e. The topological polar surface area (TPSA) is 92.8 Å². The molecule has 9 heteroatoms. The van der Waals surface area contributed by atoms with E-state index >= 15 is 0 Å². The quantitative estimate of drug-likeness (QED) is 0.675. The van der Waals surface area contributed by atoms with Crippen molar-refractivity contribution in [3.8, 4) is 0 Å². The van der Waals surface area contributed by atoms with Crippen molar-refractivity contribution in [1.29, 1.82) is 0 Å². The highest BCUT2D eigenvalue weighted by molar-refractivity contribution is 7.89. The normalized spacial score (nSPS) is 17.3. The predicted octanol–water partition coefficient (Wildman–Crippen LogP) is 2.23. The van der Waals surface area contributed by atoms with E-state index in [2.05, 4.69) is 5.32 Å². The third-order valence-electron chi connectivity index (χ3n) is 4.82. The zero-order valence-corrected chi connectivity index (χ0v) is 17.1. The van der Waals surface area contributed by atoms with Crippen LogP contribution in [0.25, 0.3) is 0 Å². The Kier molecular flexibility index (Phi) is 7.17. The van der Waals surface area contributed by atoms with Gasteiger partial charge in [-0.25, -0.2) is 12.8 Å². The highest BCUT2D eigenvalue weighted by Crippen LogP contribution is 2.26. The first-order chi connectivity index (χ1) is 14.4. The Bertz CT molecular complexity index is 980. The van der Waals surface area contributed by atoms with Crippen LogP contribution in [0.15, 0.2) is 59.5 Å². The average Bonchev–Trinajstić information content (AvgIpc) is 2.77. The Balaban J connectivity index is 1.57. The number of benzene rings is 2. The molecule has 0 saturated carbocycles. The Morgan fingerprint density at radius 3 is 2.47 bits per heavy atom. The number of nitrogens with one attached hydrogen (secondary N) is 1. The van der Waals surface area contributed by atoms with Crippen LogP contribution >= 0.6 is 0 Å². The predicted molar refractivity (Wildman–Crippen MR) is 107 cm³/mol. The molecular formula is C21H23FN2O5S. The monoisotopic (exact) mass is 434 g/mol. The van der Waals surface area contributed by atoms with Crippen LogP contribution in [0.1, 0.15) is 24.8 Å². The summed E-state index contributed by atoms with van der Waals surface area (Å²) < 4.78 is 45.0. The second kappa shape index (κ2) is 9.82. The van der Waals surface area contributed by atoms with Gasteiger partial charge in [0, 0.05) is 13.1 Å². The van der Waals surface area contributed by atoms with E-state index in [0.717, 1.165) is 4.31 Å². The summed E-state index contributed by atoms with van der Waals surface area (Å²) in [7, 11) is -3.84. The number of piperidine rings is 1. The number of nitrogens with zero attached hydrogens (tertiary/aromatic N) is 1. The first-order valence-corrected chi connectivity index (χ1v) is 11.1. The second-order valence-electron chi connectivity index (χ2n) is 6.95. The van der Waals surface area contributed by atoms with E-state index in [1.165, 1.54) is 36.4 Å². The van der Waals surface area contributed by atoms with Gasteiger partial charge in [0.15, 0.2) is 6.61 Å². The van der Waals surface area contributed by atoms with Gasteiger partial charge < -0.3 is 10.1 Å². The van der Waals surface area contributed by atoms with Crippen LogP contribution in [0.3, 0.4) is 0 Å². The molecule has 0 aromatic heterocycles. The van der Waals surface area contributed by atoms with Gasteiger partial charge in [-0.05, 0) is 49.1 Å². The lowest BCUT2D eigenvalue weighted by Crippen LogP contribution is -2.49. The first kappa shape index (κ1) is 21.9. The largest absolute Gasteiger partial charge is 0.454 e. The molecule has 0 aliphatic carbocycles. The summed E-state index contributed by atoms with van der Waals surface area (Å²) in [4.78, 5) is 24.6. The summed E-state index contributed by atoms with van der Waals surface area (Å²) in [5.74, 6) is -1.64. The zero-order valence-electron chi connectivity index (χ0n) is 16.3. The van der Waals surface area contributed by atoms with Crippen molar-refractivity contribution in [1.82, 2.24) is 9.62 Å². The molecule has 0 spiro atoms. The molecule has 1 aliphatic rings. The van der Waals surface area contributed by atoms with E-state index in [9.17, 15) is 22.4 Å². The number of hydrogen-bond donors (Lipinski definition) is 1. The lowest BCUT2D eigenvalue weighted by atomic mass is 10.1. The van der Waals surface area contributed by atoms with E-state index < -0.39 is 34.5 Å². The van der Waals surface area contributed by atoms with Gasteiger partial charge in [0.2, 0.25) is 10.0 Å². The molecule has 1 saturated heterocycles. The number of halogens is 1. The van der Waals surface area contributed by atoms with E-state index in [1.54, 1.807) is 18.2 Å². The molecule has 160 valence electrons. The molecule has 1 atom stereocenters. The number of sulfonamides is 1. The lowest BCUT2D eigenvalue weighted by Gasteiger charge is -2.32. The SMILES string of the molecule is O=C(COC(=O)C1CCCCN1S(=O)(=O)c1ccccc1)NCc1ccc(F)cc1. The third kappa shape index (κ3) is 5.43. The number of ether oxygens (including phenoxy) is 1. The minimum absolute atomic E-state index is 0.113. The van der Waals surface area contributed by atoms with Crippen LogP contribution in [0.4, 0.5) is 4.39 Å². The van der Waals surface area contributed by atoms with Gasteiger partial charge in [-0.15, -0.1) is 0 Å². The van der Waals surface area contributed by atoms with Crippen LogP contribution in [0.2, 0.25) is 0 Å². The molecule has 1 amide bonds. The molecule has 0 bridgehead atoms. The second-order valence-corrected chi connectivity index (χ2v) is 8.84. The van der Waals surface area contributed by atoms with Crippen molar-refractivity contribution in [3.05, 3.63) is 66.0 Å². The first-order valence-electron chi connectivity index (χ1n) is 9.62. The highest BCUT2D eigenvalue weighted by Gasteiger charge is 2.38. The molecule has 0 radical (unpaired) electrons. The highest BCUT2D eigenvalue weighted by atomic mass is 32.2. The van der Waals surface area contributed by atoms with Gasteiger partial charge >= 0.3 is 5.97 Å². The van der Waals surface area contributed by atoms with Crippen LogP contribution in [0.5, 0.6) is 0 Å². The smallest absolute Gasteiger partial charge is 0.324 e. The molecule has 30 heavy (non-hydrogen) atoms. The van der Waals surface area contributed by atoms with Crippen molar-refractivity contribution in [3.63, 3.8) is 0 Å². The summed E-state index contributed by atoms with van der Waals surface area (Å²) >= 11 is 0. The average molecular weight is 434 g/mol. The standard InChI is InChI=1S/C21H23FN2O5S/c22-17-11-9-16(10-12-17)14-23-20(25)15-29-21(26)19-8-4-5-13-24(19)30(27,28)18-6-2-1-3-7-18/h1-3,6-7,9-12,19H,4-5,8,13-15H2,(H,23,25). The fourth-order valence-corrected chi connectivity index (χ4v) is 4.91. The van der Waals surface area contributed by atoms with Crippen LogP contribution < -0.4 is 5.32 Å². The summed E-state index contributed by atoms with van der Waals surface area (Å²) in [5.41, 5.74) is 0.698. The van der Waals surface area contributed by atoms with Gasteiger partial charge in [0.25, 0.3) is 5.91 Å². The summed E-state index contributed by atoms with van der Waals surface area (Å²) in [5, 5.41) is 2.57. The maximum absolute atomic E-state index is 12.9. The van der Waals surface area contributed by atoms with Gasteiger partial charge in [0.05, 0.1) is 4.90 Å². The molecule has 2 aromatic carbocycles.